The molecule has 10 heteroatoms. The third kappa shape index (κ3) is 7.58. The Bertz CT molecular complexity index is 878. The van der Waals surface area contributed by atoms with Gasteiger partial charge in [0.05, 0.1) is 34.0 Å². The van der Waals surface area contributed by atoms with E-state index < -0.39 is 41.1 Å². The van der Waals surface area contributed by atoms with Gasteiger partial charge >= 0.3 is 18.0 Å². The van der Waals surface area contributed by atoms with Gasteiger partial charge in [0.25, 0.3) is 0 Å². The number of benzene rings is 1. The predicted molar refractivity (Wildman–Crippen MR) is 135 cm³/mol. The first kappa shape index (κ1) is 30.4. The number of amides is 1. The van der Waals surface area contributed by atoms with Crippen LogP contribution in [0.4, 0.5) is 4.79 Å². The Morgan fingerprint density at radius 2 is 1.62 bits per heavy atom. The molecule has 1 aromatic rings. The SMILES string of the molecule is COC(=O)C1(C(=O)OC)C[C@@H](CCO)N(C(=O)OC(C)(C)C)[C@H]1CCCCOCc1ccc(OC)cc1. The Labute approximate surface area is 219 Å². The zero-order valence-corrected chi connectivity index (χ0v) is 22.8. The Kier molecular flexibility index (Phi) is 11.2. The van der Waals surface area contributed by atoms with Gasteiger partial charge in [-0.15, -0.1) is 0 Å². The number of likely N-dealkylation sites (tertiary alicyclic amines) is 1. The molecule has 0 radical (unpaired) electrons. The standard InChI is InChI=1S/C27H41NO9/c1-26(2,3)37-25(32)28-20(14-15-29)17-27(23(30)34-5,24(31)35-6)22(28)9-7-8-16-36-18-19-10-12-21(33-4)13-11-19/h10-13,20,22,29H,7-9,14-18H2,1-6H3/t20-,22+/m1/s1. The number of aliphatic hydroxyl groups is 1. The molecule has 1 heterocycles. The number of esters is 2. The van der Waals surface area contributed by atoms with Crippen LogP contribution in [-0.2, 0) is 35.1 Å². The van der Waals surface area contributed by atoms with Crippen LogP contribution in [0.2, 0.25) is 0 Å². The van der Waals surface area contributed by atoms with E-state index in [1.165, 1.54) is 19.1 Å². The van der Waals surface area contributed by atoms with Crippen molar-refractivity contribution in [2.45, 2.75) is 77.2 Å². The van der Waals surface area contributed by atoms with Gasteiger partial charge in [-0.1, -0.05) is 12.1 Å². The summed E-state index contributed by atoms with van der Waals surface area (Å²) in [6.07, 6.45) is 1.02. The van der Waals surface area contributed by atoms with E-state index in [4.69, 9.17) is 23.7 Å². The van der Waals surface area contributed by atoms with Crippen molar-refractivity contribution in [1.82, 2.24) is 4.90 Å². The molecular weight excluding hydrogens is 482 g/mol. The number of unbranched alkanes of at least 4 members (excludes halogenated alkanes) is 1. The summed E-state index contributed by atoms with van der Waals surface area (Å²) in [4.78, 5) is 40.9. The summed E-state index contributed by atoms with van der Waals surface area (Å²) in [5, 5.41) is 9.67. The normalized spacial score (nSPS) is 18.8. The van der Waals surface area contributed by atoms with E-state index >= 15 is 0 Å². The van der Waals surface area contributed by atoms with Gasteiger partial charge in [0.2, 0.25) is 0 Å². The Morgan fingerprint density at radius 3 is 2.14 bits per heavy atom. The lowest BCUT2D eigenvalue weighted by molar-refractivity contribution is -0.171. The maximum Gasteiger partial charge on any atom is 0.410 e. The molecule has 10 nitrogen and oxygen atoms in total. The van der Waals surface area contributed by atoms with Crippen LogP contribution in [0.5, 0.6) is 5.75 Å². The van der Waals surface area contributed by atoms with Crippen LogP contribution in [0.25, 0.3) is 0 Å². The van der Waals surface area contributed by atoms with Crippen molar-refractivity contribution in [1.29, 1.82) is 0 Å². The first-order valence-corrected chi connectivity index (χ1v) is 12.5. The van der Waals surface area contributed by atoms with Gasteiger partial charge in [-0.3, -0.25) is 9.59 Å². The maximum atomic E-state index is 13.3. The zero-order chi connectivity index (χ0) is 27.6. The highest BCUT2D eigenvalue weighted by Crippen LogP contribution is 2.46. The fourth-order valence-electron chi connectivity index (χ4n) is 4.80. The zero-order valence-electron chi connectivity index (χ0n) is 22.8. The van der Waals surface area contributed by atoms with Gasteiger partial charge in [-0.25, -0.2) is 4.79 Å². The van der Waals surface area contributed by atoms with Crippen molar-refractivity contribution in [3.05, 3.63) is 29.8 Å². The van der Waals surface area contributed by atoms with Gasteiger partial charge in [0, 0.05) is 19.3 Å². The van der Waals surface area contributed by atoms with Crippen LogP contribution in [0.3, 0.4) is 0 Å². The van der Waals surface area contributed by atoms with Crippen LogP contribution in [0.15, 0.2) is 24.3 Å². The second-order valence-electron chi connectivity index (χ2n) is 10.1. The van der Waals surface area contributed by atoms with Crippen LogP contribution in [0, 0.1) is 5.41 Å². The second-order valence-corrected chi connectivity index (χ2v) is 10.1. The number of nitrogens with zero attached hydrogens (tertiary/aromatic N) is 1. The average Bonchev–Trinajstić information content (AvgIpc) is 3.19. The summed E-state index contributed by atoms with van der Waals surface area (Å²) < 4.78 is 26.7. The average molecular weight is 524 g/mol. The van der Waals surface area contributed by atoms with Crippen LogP contribution in [0.1, 0.15) is 58.4 Å². The molecule has 0 aliphatic carbocycles. The lowest BCUT2D eigenvalue weighted by Gasteiger charge is -2.36. The maximum absolute atomic E-state index is 13.3. The third-order valence-electron chi connectivity index (χ3n) is 6.47. The molecule has 1 aliphatic rings. The highest BCUT2D eigenvalue weighted by Gasteiger charge is 2.64. The molecule has 0 spiro atoms. The molecule has 0 saturated carbocycles. The Morgan fingerprint density at radius 1 is 1.00 bits per heavy atom. The third-order valence-corrected chi connectivity index (χ3v) is 6.47. The van der Waals surface area contributed by atoms with Crippen LogP contribution in [-0.4, -0.2) is 80.3 Å². The number of hydrogen-bond acceptors (Lipinski definition) is 9. The Balaban J connectivity index is 2.18. The van der Waals surface area contributed by atoms with E-state index in [1.807, 2.05) is 24.3 Å². The molecule has 1 aromatic carbocycles. The lowest BCUT2D eigenvalue weighted by Crippen LogP contribution is -2.53. The minimum Gasteiger partial charge on any atom is -0.497 e. The topological polar surface area (TPSA) is 121 Å². The van der Waals surface area contributed by atoms with E-state index in [0.29, 0.717) is 32.5 Å². The van der Waals surface area contributed by atoms with Gasteiger partial charge in [-0.05, 0) is 70.6 Å². The summed E-state index contributed by atoms with van der Waals surface area (Å²) in [5.74, 6) is -0.766. The number of carbonyl (C=O) groups is 3. The molecule has 1 N–H and O–H groups in total. The lowest BCUT2D eigenvalue weighted by atomic mass is 9.77. The summed E-state index contributed by atoms with van der Waals surface area (Å²) in [7, 11) is 4.02. The van der Waals surface area contributed by atoms with Gasteiger partial charge < -0.3 is 33.7 Å². The summed E-state index contributed by atoms with van der Waals surface area (Å²) >= 11 is 0. The molecule has 37 heavy (non-hydrogen) atoms. The molecule has 0 aromatic heterocycles. The van der Waals surface area contributed by atoms with Gasteiger partial charge in [-0.2, -0.15) is 0 Å². The largest absolute Gasteiger partial charge is 0.497 e. The molecular formula is C27H41NO9. The molecule has 1 amide bonds. The molecule has 2 atom stereocenters. The van der Waals surface area contributed by atoms with Crippen molar-refractivity contribution in [2.24, 2.45) is 5.41 Å². The van der Waals surface area contributed by atoms with E-state index in [1.54, 1.807) is 27.9 Å². The van der Waals surface area contributed by atoms with Gasteiger partial charge in [0.15, 0.2) is 5.41 Å². The second kappa shape index (κ2) is 13.6. The first-order chi connectivity index (χ1) is 17.5. The minimum atomic E-state index is -1.72. The summed E-state index contributed by atoms with van der Waals surface area (Å²) in [6, 6.07) is 6.13. The highest BCUT2D eigenvalue weighted by atomic mass is 16.6. The van der Waals surface area contributed by atoms with Crippen molar-refractivity contribution in [2.75, 3.05) is 34.5 Å². The number of rotatable bonds is 12. The molecule has 0 bridgehead atoms. The fourth-order valence-corrected chi connectivity index (χ4v) is 4.80. The van der Waals surface area contributed by atoms with E-state index in [2.05, 4.69) is 0 Å². The van der Waals surface area contributed by atoms with E-state index in [-0.39, 0.29) is 19.4 Å². The van der Waals surface area contributed by atoms with Crippen molar-refractivity contribution in [3.8, 4) is 5.75 Å². The minimum absolute atomic E-state index is 0.0230. The van der Waals surface area contributed by atoms with Crippen molar-refractivity contribution >= 4 is 18.0 Å². The van der Waals surface area contributed by atoms with Crippen molar-refractivity contribution in [3.63, 3.8) is 0 Å². The van der Waals surface area contributed by atoms with Crippen LogP contribution >= 0.6 is 0 Å². The number of carbonyl (C=O) groups excluding carboxylic acids is 3. The number of aliphatic hydroxyl groups excluding tert-OH is 1. The number of hydrogen-bond donors (Lipinski definition) is 1. The van der Waals surface area contributed by atoms with Crippen molar-refractivity contribution < 1.29 is 43.2 Å². The first-order valence-electron chi connectivity index (χ1n) is 12.5. The molecule has 1 fully saturated rings. The van der Waals surface area contributed by atoms with E-state index in [9.17, 15) is 19.5 Å². The highest BCUT2D eigenvalue weighted by molar-refractivity contribution is 6.02. The molecule has 1 saturated heterocycles. The molecule has 1 aliphatic heterocycles. The molecule has 0 unspecified atom stereocenters. The van der Waals surface area contributed by atoms with Gasteiger partial charge in [0.1, 0.15) is 11.4 Å². The van der Waals surface area contributed by atoms with E-state index in [0.717, 1.165) is 11.3 Å². The smallest absolute Gasteiger partial charge is 0.410 e. The molecule has 208 valence electrons. The molecule has 2 rings (SSSR count). The summed E-state index contributed by atoms with van der Waals surface area (Å²) in [5.41, 5.74) is -1.50. The quantitative estimate of drug-likeness (QED) is 0.190. The Hall–Kier alpha value is -2.85. The number of methoxy groups -OCH3 is 3. The monoisotopic (exact) mass is 523 g/mol. The van der Waals surface area contributed by atoms with Crippen LogP contribution < -0.4 is 4.74 Å². The predicted octanol–water partition coefficient (Wildman–Crippen LogP) is 3.47. The number of ether oxygens (including phenoxy) is 5. The fraction of sp³-hybridized carbons (Fsp3) is 0.667. The summed E-state index contributed by atoms with van der Waals surface area (Å²) in [6.45, 7) is 5.88.